The van der Waals surface area contributed by atoms with Gasteiger partial charge in [-0.3, -0.25) is 5.73 Å². The fourth-order valence-electron chi connectivity index (χ4n) is 4.82. The number of nitrogens with zero attached hydrogens (tertiary/aromatic N) is 2. The summed E-state index contributed by atoms with van der Waals surface area (Å²) in [6, 6.07) is 21.9. The van der Waals surface area contributed by atoms with Crippen LogP contribution in [0.1, 0.15) is 17.0 Å². The number of hydrogen-bond acceptors (Lipinski definition) is 6. The van der Waals surface area contributed by atoms with Gasteiger partial charge in [0, 0.05) is 5.92 Å². The molecule has 2 fully saturated rings. The maximum Gasteiger partial charge on any atom is 0.343 e. The molecule has 3 N–H and O–H groups in total. The second-order valence-electron chi connectivity index (χ2n) is 7.47. The Kier molecular flexibility index (Phi) is 3.69. The van der Waals surface area contributed by atoms with Crippen LogP contribution in [-0.2, 0) is 16.1 Å². The highest BCUT2D eigenvalue weighted by atomic mass is 16.8. The van der Waals surface area contributed by atoms with Crippen LogP contribution in [0.25, 0.3) is 0 Å². The van der Waals surface area contributed by atoms with Gasteiger partial charge in [0.15, 0.2) is 10.8 Å². The van der Waals surface area contributed by atoms with Gasteiger partial charge in [-0.05, 0) is 23.3 Å². The van der Waals surface area contributed by atoms with Gasteiger partial charge in [0.2, 0.25) is 0 Å². The Morgan fingerprint density at radius 3 is 2.34 bits per heavy atom. The zero-order valence-corrected chi connectivity index (χ0v) is 15.6. The molecule has 0 radical (unpaired) electrons. The molecule has 144 valence electrons. The average molecular weight is 387 g/mol. The molecule has 7 nitrogen and oxygen atoms in total. The maximum absolute atomic E-state index is 10.1. The second kappa shape index (κ2) is 6.05. The molecule has 2 aliphatic heterocycles. The van der Waals surface area contributed by atoms with Gasteiger partial charge in [-0.1, -0.05) is 42.5 Å². The van der Waals surface area contributed by atoms with E-state index in [0.717, 1.165) is 11.1 Å². The first-order chi connectivity index (χ1) is 14.1. The zero-order chi connectivity index (χ0) is 20.1. The lowest BCUT2D eigenvalue weighted by atomic mass is 9.94. The SMILES string of the molecule is N#C[C@@]12C(N)=[NH+]C3(OCCO3)[C@]1(C#N)[C@@H]2c1ccc(OCc2ccccc2)cc1. The van der Waals surface area contributed by atoms with Crippen molar-refractivity contribution >= 4 is 5.84 Å². The largest absolute Gasteiger partial charge is 0.489 e. The summed E-state index contributed by atoms with van der Waals surface area (Å²) < 4.78 is 17.4. The van der Waals surface area contributed by atoms with E-state index in [-0.39, 0.29) is 5.84 Å². The van der Waals surface area contributed by atoms with Crippen LogP contribution >= 0.6 is 0 Å². The van der Waals surface area contributed by atoms with E-state index in [9.17, 15) is 10.5 Å². The third kappa shape index (κ3) is 2.09. The molecule has 2 heterocycles. The normalized spacial score (nSPS) is 30.8. The first kappa shape index (κ1) is 17.7. The van der Waals surface area contributed by atoms with Gasteiger partial charge in [0.1, 0.15) is 12.4 Å². The van der Waals surface area contributed by atoms with Crippen LogP contribution in [0.15, 0.2) is 54.6 Å². The van der Waals surface area contributed by atoms with Gasteiger partial charge in [0.05, 0.1) is 25.4 Å². The Balaban J connectivity index is 1.44. The van der Waals surface area contributed by atoms with Crippen LogP contribution in [0.4, 0.5) is 0 Å². The first-order valence-electron chi connectivity index (χ1n) is 9.42. The highest BCUT2D eigenvalue weighted by molar-refractivity contribution is 5.95. The third-order valence-corrected chi connectivity index (χ3v) is 6.16. The van der Waals surface area contributed by atoms with Gasteiger partial charge < -0.3 is 14.2 Å². The Hall–Kier alpha value is -3.39. The summed E-state index contributed by atoms with van der Waals surface area (Å²) in [5, 5.41) is 20.1. The quantitative estimate of drug-likeness (QED) is 0.791. The summed E-state index contributed by atoms with van der Waals surface area (Å²) in [6.45, 7) is 1.14. The molecule has 2 aromatic carbocycles. The van der Waals surface area contributed by atoms with E-state index < -0.39 is 22.7 Å². The zero-order valence-electron chi connectivity index (χ0n) is 15.6. The molecule has 0 amide bonds. The van der Waals surface area contributed by atoms with Crippen LogP contribution < -0.4 is 15.5 Å². The molecule has 1 saturated carbocycles. The molecule has 29 heavy (non-hydrogen) atoms. The molecule has 1 spiro atoms. The average Bonchev–Trinajstić information content (AvgIpc) is 3.01. The highest BCUT2D eigenvalue weighted by Crippen LogP contribution is 2.79. The molecule has 0 unspecified atom stereocenters. The Labute approximate surface area is 167 Å². The van der Waals surface area contributed by atoms with Crippen LogP contribution in [0.2, 0.25) is 0 Å². The van der Waals surface area contributed by atoms with Crippen molar-refractivity contribution in [2.24, 2.45) is 16.6 Å². The minimum absolute atomic E-state index is 0.220. The minimum atomic E-state index is -1.38. The van der Waals surface area contributed by atoms with E-state index in [4.69, 9.17) is 19.9 Å². The number of nitrogens with two attached hydrogens (primary N) is 1. The number of hydrogen-bond donors (Lipinski definition) is 2. The number of rotatable bonds is 4. The fourth-order valence-corrected chi connectivity index (χ4v) is 4.82. The lowest BCUT2D eigenvalue weighted by molar-refractivity contribution is -0.676. The topological polar surface area (TPSA) is 115 Å². The number of nitrogens with one attached hydrogen (secondary N) is 1. The van der Waals surface area contributed by atoms with Gasteiger partial charge in [-0.15, -0.1) is 0 Å². The van der Waals surface area contributed by atoms with Gasteiger partial charge in [0.25, 0.3) is 5.84 Å². The summed E-state index contributed by atoms with van der Waals surface area (Å²) in [5.41, 5.74) is 5.66. The standard InChI is InChI=1S/C22H18N4O3/c23-13-20-18(21(20,14-24)22(26-19(20)25)28-10-11-29-22)16-6-8-17(9-7-16)27-12-15-4-2-1-3-5-15/h1-9,18H,10-12H2,(H2,25,26)/p+1/t18-,20-,21-/m1/s1. The number of ether oxygens (including phenoxy) is 3. The molecule has 0 bridgehead atoms. The van der Waals surface area contributed by atoms with E-state index in [1.807, 2.05) is 54.6 Å². The predicted molar refractivity (Wildman–Crippen MR) is 101 cm³/mol. The van der Waals surface area contributed by atoms with Crippen molar-refractivity contribution in [3.8, 4) is 17.9 Å². The van der Waals surface area contributed by atoms with Gasteiger partial charge >= 0.3 is 5.91 Å². The summed E-state index contributed by atoms with van der Waals surface area (Å²) in [5.74, 6) is -0.904. The number of benzene rings is 2. The molecule has 1 saturated heterocycles. The monoisotopic (exact) mass is 387 g/mol. The Morgan fingerprint density at radius 1 is 1.03 bits per heavy atom. The van der Waals surface area contributed by atoms with E-state index in [1.54, 1.807) is 0 Å². The molecule has 2 aromatic rings. The molecular formula is C22H19N4O3+. The Morgan fingerprint density at radius 2 is 1.72 bits per heavy atom. The van der Waals surface area contributed by atoms with Crippen LogP contribution in [0, 0.1) is 33.5 Å². The number of fused-ring (bicyclic) bond motifs is 2. The van der Waals surface area contributed by atoms with E-state index in [0.29, 0.717) is 25.6 Å². The minimum Gasteiger partial charge on any atom is -0.489 e. The van der Waals surface area contributed by atoms with Crippen LogP contribution in [0.5, 0.6) is 5.75 Å². The highest BCUT2D eigenvalue weighted by Gasteiger charge is 2.97. The van der Waals surface area contributed by atoms with Crippen molar-refractivity contribution in [1.82, 2.24) is 0 Å². The molecule has 0 aromatic heterocycles. The predicted octanol–water partition coefficient (Wildman–Crippen LogP) is 0.535. The van der Waals surface area contributed by atoms with Crippen LogP contribution in [0.3, 0.4) is 0 Å². The maximum atomic E-state index is 10.1. The summed E-state index contributed by atoms with van der Waals surface area (Å²) in [4.78, 5) is 2.94. The van der Waals surface area contributed by atoms with Gasteiger partial charge in [-0.25, -0.2) is 4.99 Å². The molecule has 1 aliphatic carbocycles. The van der Waals surface area contributed by atoms with Crippen molar-refractivity contribution in [1.29, 1.82) is 10.5 Å². The van der Waals surface area contributed by atoms with Crippen molar-refractivity contribution in [3.05, 3.63) is 65.7 Å². The summed E-state index contributed by atoms with van der Waals surface area (Å²) in [6.07, 6.45) is 0. The van der Waals surface area contributed by atoms with E-state index in [2.05, 4.69) is 17.1 Å². The van der Waals surface area contributed by atoms with Crippen molar-refractivity contribution in [2.45, 2.75) is 18.4 Å². The van der Waals surface area contributed by atoms with Crippen LogP contribution in [-0.4, -0.2) is 25.0 Å². The lowest BCUT2D eigenvalue weighted by Crippen LogP contribution is -2.89. The number of nitriles is 2. The van der Waals surface area contributed by atoms with Gasteiger partial charge in [-0.2, -0.15) is 10.5 Å². The molecule has 5 rings (SSSR count). The van der Waals surface area contributed by atoms with Crippen molar-refractivity contribution < 1.29 is 19.2 Å². The third-order valence-electron chi connectivity index (χ3n) is 6.16. The lowest BCUT2D eigenvalue weighted by Gasteiger charge is -2.23. The molecule has 7 heteroatoms. The molecular weight excluding hydrogens is 368 g/mol. The summed E-state index contributed by atoms with van der Waals surface area (Å²) in [7, 11) is 0. The Bertz CT molecular complexity index is 1060. The fraction of sp³-hybridized carbons (Fsp3) is 0.318. The van der Waals surface area contributed by atoms with E-state index in [1.165, 1.54) is 0 Å². The van der Waals surface area contributed by atoms with Crippen molar-refractivity contribution in [2.75, 3.05) is 13.2 Å². The van der Waals surface area contributed by atoms with E-state index >= 15 is 0 Å². The second-order valence-corrected chi connectivity index (χ2v) is 7.47. The number of amidine groups is 1. The molecule has 3 aliphatic rings. The smallest absolute Gasteiger partial charge is 0.343 e. The van der Waals surface area contributed by atoms with Crippen molar-refractivity contribution in [3.63, 3.8) is 0 Å². The first-order valence-corrected chi connectivity index (χ1v) is 9.42. The molecule has 3 atom stereocenters. The summed E-state index contributed by atoms with van der Waals surface area (Å²) >= 11 is 0.